The number of nitrogens with two attached hydrogens (primary N) is 1. The van der Waals surface area contributed by atoms with E-state index in [4.69, 9.17) is 5.73 Å². The zero-order chi connectivity index (χ0) is 14.7. The van der Waals surface area contributed by atoms with Crippen molar-refractivity contribution in [2.24, 2.45) is 0 Å². The zero-order valence-electron chi connectivity index (χ0n) is 11.6. The second-order valence-corrected chi connectivity index (χ2v) is 4.62. The fourth-order valence-electron chi connectivity index (χ4n) is 2.07. The van der Waals surface area contributed by atoms with Gasteiger partial charge in [-0.1, -0.05) is 12.1 Å². The Bertz CT molecular complexity index is 640. The molecule has 0 aromatic heterocycles. The third kappa shape index (κ3) is 2.79. The van der Waals surface area contributed by atoms with Crippen molar-refractivity contribution in [3.63, 3.8) is 0 Å². The van der Waals surface area contributed by atoms with Crippen LogP contribution in [0.3, 0.4) is 0 Å². The summed E-state index contributed by atoms with van der Waals surface area (Å²) in [5.74, 6) is -0.704. The van der Waals surface area contributed by atoms with Crippen LogP contribution in [0.5, 0.6) is 0 Å². The molecule has 0 aliphatic heterocycles. The van der Waals surface area contributed by atoms with Gasteiger partial charge < -0.3 is 10.6 Å². The molecule has 3 nitrogen and oxygen atoms in total. The van der Waals surface area contributed by atoms with Crippen LogP contribution in [0.4, 0.5) is 15.8 Å². The van der Waals surface area contributed by atoms with Crippen LogP contribution in [0.25, 0.3) is 0 Å². The number of hydrogen-bond donors (Lipinski definition) is 1. The molecule has 2 aromatic rings. The van der Waals surface area contributed by atoms with Crippen LogP contribution >= 0.6 is 0 Å². The smallest absolute Gasteiger partial charge is 0.258 e. The fourth-order valence-corrected chi connectivity index (χ4v) is 2.07. The van der Waals surface area contributed by atoms with Gasteiger partial charge in [0.25, 0.3) is 5.91 Å². The fraction of sp³-hybridized carbons (Fsp3) is 0.188. The molecule has 0 aliphatic carbocycles. The van der Waals surface area contributed by atoms with E-state index in [1.807, 2.05) is 38.1 Å². The molecule has 0 saturated heterocycles. The summed E-state index contributed by atoms with van der Waals surface area (Å²) >= 11 is 0. The van der Waals surface area contributed by atoms with E-state index in [0.717, 1.165) is 11.3 Å². The van der Waals surface area contributed by atoms with Gasteiger partial charge in [-0.15, -0.1) is 0 Å². The maximum Gasteiger partial charge on any atom is 0.258 e. The van der Waals surface area contributed by atoms with Crippen molar-refractivity contribution in [3.8, 4) is 0 Å². The molecule has 0 radical (unpaired) electrons. The van der Waals surface area contributed by atoms with E-state index < -0.39 is 5.82 Å². The van der Waals surface area contributed by atoms with E-state index in [0.29, 0.717) is 12.1 Å². The highest BCUT2D eigenvalue weighted by atomic mass is 19.1. The molecule has 4 heteroatoms. The Morgan fingerprint density at radius 1 is 1.25 bits per heavy atom. The first kappa shape index (κ1) is 14.1. The molecule has 0 aliphatic rings. The van der Waals surface area contributed by atoms with Crippen molar-refractivity contribution in [3.05, 3.63) is 59.4 Å². The minimum Gasteiger partial charge on any atom is -0.396 e. The second-order valence-electron chi connectivity index (χ2n) is 4.62. The van der Waals surface area contributed by atoms with E-state index in [1.165, 1.54) is 18.2 Å². The minimum absolute atomic E-state index is 0.0175. The first-order valence-electron chi connectivity index (χ1n) is 6.46. The summed E-state index contributed by atoms with van der Waals surface area (Å²) in [4.78, 5) is 14.1. The van der Waals surface area contributed by atoms with E-state index in [-0.39, 0.29) is 11.6 Å². The average molecular weight is 272 g/mol. The molecule has 0 unspecified atom stereocenters. The number of carbonyl (C=O) groups is 1. The van der Waals surface area contributed by atoms with Crippen molar-refractivity contribution < 1.29 is 9.18 Å². The predicted molar refractivity (Wildman–Crippen MR) is 79.3 cm³/mol. The van der Waals surface area contributed by atoms with Gasteiger partial charge in [0, 0.05) is 17.8 Å². The number of nitrogen functional groups attached to an aromatic ring is 1. The quantitative estimate of drug-likeness (QED) is 0.871. The topological polar surface area (TPSA) is 46.3 Å². The van der Waals surface area contributed by atoms with Crippen LogP contribution in [0, 0.1) is 12.7 Å². The predicted octanol–water partition coefficient (Wildman–Crippen LogP) is 3.38. The Balaban J connectivity index is 2.36. The van der Waals surface area contributed by atoms with Gasteiger partial charge in [0.05, 0.1) is 5.69 Å². The van der Waals surface area contributed by atoms with Gasteiger partial charge in [-0.2, -0.15) is 0 Å². The van der Waals surface area contributed by atoms with E-state index in [1.54, 1.807) is 4.90 Å². The lowest BCUT2D eigenvalue weighted by molar-refractivity contribution is 0.0988. The molecular formula is C16H17FN2O. The Hall–Kier alpha value is -2.36. The van der Waals surface area contributed by atoms with Crippen molar-refractivity contribution in [2.45, 2.75) is 13.8 Å². The summed E-state index contributed by atoms with van der Waals surface area (Å²) < 4.78 is 13.2. The molecule has 0 spiro atoms. The van der Waals surface area contributed by atoms with Crippen molar-refractivity contribution in [2.75, 3.05) is 17.2 Å². The molecule has 0 saturated carbocycles. The van der Waals surface area contributed by atoms with E-state index in [9.17, 15) is 9.18 Å². The third-order valence-corrected chi connectivity index (χ3v) is 3.12. The summed E-state index contributed by atoms with van der Waals surface area (Å²) in [5, 5.41) is 0. The van der Waals surface area contributed by atoms with Gasteiger partial charge in [-0.25, -0.2) is 4.39 Å². The number of amides is 1. The number of halogens is 1. The Morgan fingerprint density at radius 3 is 2.60 bits per heavy atom. The average Bonchev–Trinajstić information content (AvgIpc) is 2.42. The molecule has 2 N–H and O–H groups in total. The number of nitrogens with zero attached hydrogens (tertiary/aromatic N) is 1. The highest BCUT2D eigenvalue weighted by Gasteiger charge is 2.17. The van der Waals surface area contributed by atoms with Crippen LogP contribution in [-0.2, 0) is 0 Å². The Morgan fingerprint density at radius 2 is 2.00 bits per heavy atom. The van der Waals surface area contributed by atoms with Crippen LogP contribution < -0.4 is 10.6 Å². The van der Waals surface area contributed by atoms with Gasteiger partial charge in [0.2, 0.25) is 0 Å². The van der Waals surface area contributed by atoms with Gasteiger partial charge in [-0.3, -0.25) is 4.79 Å². The summed E-state index contributed by atoms with van der Waals surface area (Å²) in [7, 11) is 0. The molecule has 2 rings (SSSR count). The summed E-state index contributed by atoms with van der Waals surface area (Å²) in [6.45, 7) is 4.39. The summed E-state index contributed by atoms with van der Waals surface area (Å²) in [6, 6.07) is 11.7. The van der Waals surface area contributed by atoms with Crippen LogP contribution in [-0.4, -0.2) is 12.5 Å². The molecule has 104 valence electrons. The van der Waals surface area contributed by atoms with Crippen molar-refractivity contribution in [1.29, 1.82) is 0 Å². The highest BCUT2D eigenvalue weighted by molar-refractivity contribution is 6.06. The molecule has 0 atom stereocenters. The number of aryl methyl sites for hydroxylation is 1. The van der Waals surface area contributed by atoms with Gasteiger partial charge in [-0.05, 0) is 49.7 Å². The van der Waals surface area contributed by atoms with Crippen LogP contribution in [0.15, 0.2) is 42.5 Å². The van der Waals surface area contributed by atoms with Crippen molar-refractivity contribution in [1.82, 2.24) is 0 Å². The minimum atomic E-state index is -0.514. The summed E-state index contributed by atoms with van der Waals surface area (Å²) in [5.41, 5.74) is 7.78. The number of rotatable bonds is 3. The SMILES string of the molecule is CCN(C(=O)c1ccc(F)c(N)c1)c1cccc(C)c1. The normalized spacial score (nSPS) is 10.3. The lowest BCUT2D eigenvalue weighted by Crippen LogP contribution is -2.30. The molecule has 20 heavy (non-hydrogen) atoms. The van der Waals surface area contributed by atoms with E-state index >= 15 is 0 Å². The number of anilines is 2. The summed E-state index contributed by atoms with van der Waals surface area (Å²) in [6.07, 6.45) is 0. The molecule has 2 aromatic carbocycles. The lowest BCUT2D eigenvalue weighted by Gasteiger charge is -2.21. The molecule has 0 heterocycles. The molecule has 0 bridgehead atoms. The van der Waals surface area contributed by atoms with Gasteiger partial charge in [0.1, 0.15) is 5.82 Å². The molecular weight excluding hydrogens is 255 g/mol. The van der Waals surface area contributed by atoms with Crippen LogP contribution in [0.2, 0.25) is 0 Å². The Labute approximate surface area is 117 Å². The maximum absolute atomic E-state index is 13.2. The van der Waals surface area contributed by atoms with Crippen LogP contribution in [0.1, 0.15) is 22.8 Å². The number of benzene rings is 2. The zero-order valence-corrected chi connectivity index (χ0v) is 11.6. The first-order chi connectivity index (χ1) is 9.52. The highest BCUT2D eigenvalue weighted by Crippen LogP contribution is 2.20. The number of carbonyl (C=O) groups excluding carboxylic acids is 1. The third-order valence-electron chi connectivity index (χ3n) is 3.12. The second kappa shape index (κ2) is 5.74. The Kier molecular flexibility index (Phi) is 4.03. The molecule has 1 amide bonds. The molecule has 0 fully saturated rings. The van der Waals surface area contributed by atoms with Crippen molar-refractivity contribution >= 4 is 17.3 Å². The monoisotopic (exact) mass is 272 g/mol. The standard InChI is InChI=1S/C16H17FN2O/c1-3-19(13-6-4-5-11(2)9-13)16(20)12-7-8-14(17)15(18)10-12/h4-10H,3,18H2,1-2H3. The van der Waals surface area contributed by atoms with E-state index in [2.05, 4.69) is 0 Å². The lowest BCUT2D eigenvalue weighted by atomic mass is 10.1. The number of hydrogen-bond acceptors (Lipinski definition) is 2. The largest absolute Gasteiger partial charge is 0.396 e. The first-order valence-corrected chi connectivity index (χ1v) is 6.46. The van der Waals surface area contributed by atoms with Gasteiger partial charge >= 0.3 is 0 Å². The maximum atomic E-state index is 13.2. The van der Waals surface area contributed by atoms with Gasteiger partial charge in [0.15, 0.2) is 0 Å².